The minimum Gasteiger partial charge on any atom is -0.445 e. The minimum atomic E-state index is -2.82. The van der Waals surface area contributed by atoms with E-state index in [4.69, 9.17) is 4.42 Å². The van der Waals surface area contributed by atoms with Crippen LogP contribution in [0, 0.1) is 6.92 Å². The first-order chi connectivity index (χ1) is 9.54. The van der Waals surface area contributed by atoms with Crippen LogP contribution in [0.1, 0.15) is 30.2 Å². The normalized spacial score (nSPS) is 12.7. The largest absolute Gasteiger partial charge is 0.445 e. The Balaban J connectivity index is 1.96. The molecule has 4 nitrogen and oxygen atoms in total. The number of alkyl halides is 2. The van der Waals surface area contributed by atoms with Crippen LogP contribution in [-0.4, -0.2) is 11.6 Å². The molecule has 0 bridgehead atoms. The van der Waals surface area contributed by atoms with E-state index in [1.165, 1.54) is 6.07 Å². The second-order valence-electron chi connectivity index (χ2n) is 4.42. The SMILES string of the molecule is Cc1cnc(CNC(C)c2cccc(OC(F)F)c2)o1. The van der Waals surface area contributed by atoms with Crippen molar-refractivity contribution in [1.82, 2.24) is 10.3 Å². The molecule has 2 rings (SSSR count). The van der Waals surface area contributed by atoms with Gasteiger partial charge < -0.3 is 14.5 Å². The van der Waals surface area contributed by atoms with E-state index in [-0.39, 0.29) is 11.8 Å². The number of halogens is 2. The molecule has 2 aromatic rings. The van der Waals surface area contributed by atoms with Crippen molar-refractivity contribution in [2.75, 3.05) is 0 Å². The molecule has 0 radical (unpaired) electrons. The lowest BCUT2D eigenvalue weighted by Crippen LogP contribution is -2.18. The minimum absolute atomic E-state index is 0.0385. The Labute approximate surface area is 115 Å². The number of nitrogens with zero attached hydrogens (tertiary/aromatic N) is 1. The van der Waals surface area contributed by atoms with Crippen molar-refractivity contribution in [2.45, 2.75) is 33.0 Å². The van der Waals surface area contributed by atoms with Crippen LogP contribution in [0.15, 0.2) is 34.9 Å². The average Bonchev–Trinajstić information content (AvgIpc) is 2.81. The molecule has 0 aliphatic rings. The van der Waals surface area contributed by atoms with Gasteiger partial charge in [0, 0.05) is 6.04 Å². The van der Waals surface area contributed by atoms with Crippen molar-refractivity contribution in [1.29, 1.82) is 0 Å². The van der Waals surface area contributed by atoms with E-state index in [1.54, 1.807) is 18.3 Å². The molecule has 0 saturated carbocycles. The van der Waals surface area contributed by atoms with Gasteiger partial charge in [0.1, 0.15) is 11.5 Å². The van der Waals surface area contributed by atoms with Gasteiger partial charge in [0.05, 0.1) is 12.7 Å². The van der Waals surface area contributed by atoms with Crippen LogP contribution in [0.5, 0.6) is 5.75 Å². The van der Waals surface area contributed by atoms with Gasteiger partial charge >= 0.3 is 6.61 Å². The molecule has 1 heterocycles. The van der Waals surface area contributed by atoms with E-state index < -0.39 is 6.61 Å². The average molecular weight is 282 g/mol. The fourth-order valence-electron chi connectivity index (χ4n) is 1.80. The Morgan fingerprint density at radius 1 is 1.40 bits per heavy atom. The van der Waals surface area contributed by atoms with Crippen LogP contribution in [0.4, 0.5) is 8.78 Å². The van der Waals surface area contributed by atoms with Crippen molar-refractivity contribution < 1.29 is 17.9 Å². The molecule has 1 aromatic heterocycles. The molecule has 0 saturated heterocycles. The highest BCUT2D eigenvalue weighted by atomic mass is 19.3. The van der Waals surface area contributed by atoms with Gasteiger partial charge in [-0.2, -0.15) is 8.78 Å². The first-order valence-corrected chi connectivity index (χ1v) is 6.24. The number of rotatable bonds is 6. The van der Waals surface area contributed by atoms with Crippen LogP contribution in [0.25, 0.3) is 0 Å². The molecule has 20 heavy (non-hydrogen) atoms. The summed E-state index contributed by atoms with van der Waals surface area (Å²) < 4.78 is 34.1. The second kappa shape index (κ2) is 6.47. The zero-order chi connectivity index (χ0) is 14.5. The fraction of sp³-hybridized carbons (Fsp3) is 0.357. The zero-order valence-electron chi connectivity index (χ0n) is 11.3. The van der Waals surface area contributed by atoms with Gasteiger partial charge in [0.2, 0.25) is 5.89 Å². The molecular formula is C14H16F2N2O2. The molecule has 0 aliphatic carbocycles. The molecule has 108 valence electrons. The standard InChI is InChI=1S/C14H16F2N2O2/c1-9-7-18-13(19-9)8-17-10(2)11-4-3-5-12(6-11)20-14(15)16/h3-7,10,14,17H,8H2,1-2H3. The van der Waals surface area contributed by atoms with E-state index in [0.717, 1.165) is 11.3 Å². The molecule has 0 spiro atoms. The lowest BCUT2D eigenvalue weighted by Gasteiger charge is -2.14. The Hall–Kier alpha value is -1.95. The molecule has 0 amide bonds. The van der Waals surface area contributed by atoms with Crippen molar-refractivity contribution in [2.24, 2.45) is 0 Å². The monoisotopic (exact) mass is 282 g/mol. The van der Waals surface area contributed by atoms with E-state index in [1.807, 2.05) is 19.9 Å². The molecular weight excluding hydrogens is 266 g/mol. The number of aryl methyl sites for hydroxylation is 1. The molecule has 1 atom stereocenters. The highest BCUT2D eigenvalue weighted by Gasteiger charge is 2.10. The summed E-state index contributed by atoms with van der Waals surface area (Å²) in [5, 5.41) is 3.21. The highest BCUT2D eigenvalue weighted by Crippen LogP contribution is 2.20. The van der Waals surface area contributed by atoms with Crippen molar-refractivity contribution >= 4 is 0 Å². The first kappa shape index (κ1) is 14.5. The van der Waals surface area contributed by atoms with Crippen LogP contribution >= 0.6 is 0 Å². The summed E-state index contributed by atoms with van der Waals surface area (Å²) in [4.78, 5) is 4.09. The van der Waals surface area contributed by atoms with E-state index in [0.29, 0.717) is 12.4 Å². The van der Waals surface area contributed by atoms with Gasteiger partial charge in [-0.1, -0.05) is 12.1 Å². The summed E-state index contributed by atoms with van der Waals surface area (Å²) in [6, 6.07) is 6.57. The van der Waals surface area contributed by atoms with Crippen molar-refractivity contribution in [3.8, 4) is 5.75 Å². The molecule has 1 aromatic carbocycles. The van der Waals surface area contributed by atoms with Crippen LogP contribution in [0.3, 0.4) is 0 Å². The Kier molecular flexibility index (Phi) is 4.68. The number of ether oxygens (including phenoxy) is 1. The topological polar surface area (TPSA) is 47.3 Å². The maximum Gasteiger partial charge on any atom is 0.387 e. The van der Waals surface area contributed by atoms with Crippen LogP contribution in [-0.2, 0) is 6.54 Å². The van der Waals surface area contributed by atoms with Gasteiger partial charge in [0.25, 0.3) is 0 Å². The quantitative estimate of drug-likeness (QED) is 0.881. The van der Waals surface area contributed by atoms with Crippen LogP contribution < -0.4 is 10.1 Å². The summed E-state index contributed by atoms with van der Waals surface area (Å²) in [5.74, 6) is 1.49. The second-order valence-corrected chi connectivity index (χ2v) is 4.42. The Morgan fingerprint density at radius 3 is 2.85 bits per heavy atom. The first-order valence-electron chi connectivity index (χ1n) is 6.24. The maximum absolute atomic E-state index is 12.2. The molecule has 1 N–H and O–H groups in total. The third-order valence-corrected chi connectivity index (χ3v) is 2.81. The summed E-state index contributed by atoms with van der Waals surface area (Å²) in [7, 11) is 0. The van der Waals surface area contributed by atoms with Gasteiger partial charge in [-0.15, -0.1) is 0 Å². The number of oxazole rings is 1. The third-order valence-electron chi connectivity index (χ3n) is 2.81. The Bertz CT molecular complexity index is 558. The van der Waals surface area contributed by atoms with E-state index >= 15 is 0 Å². The summed E-state index contributed by atoms with van der Waals surface area (Å²) in [5.41, 5.74) is 0.853. The van der Waals surface area contributed by atoms with E-state index in [2.05, 4.69) is 15.0 Å². The number of nitrogens with one attached hydrogen (secondary N) is 1. The zero-order valence-corrected chi connectivity index (χ0v) is 11.3. The summed E-state index contributed by atoms with van der Waals surface area (Å²) >= 11 is 0. The molecule has 6 heteroatoms. The van der Waals surface area contributed by atoms with Crippen molar-refractivity contribution in [3.05, 3.63) is 47.7 Å². The smallest absolute Gasteiger partial charge is 0.387 e. The fourth-order valence-corrected chi connectivity index (χ4v) is 1.80. The molecule has 1 unspecified atom stereocenters. The van der Waals surface area contributed by atoms with Crippen LogP contribution in [0.2, 0.25) is 0 Å². The number of aromatic nitrogens is 1. The van der Waals surface area contributed by atoms with Gasteiger partial charge in [-0.3, -0.25) is 0 Å². The molecule has 0 fully saturated rings. The Morgan fingerprint density at radius 2 is 2.20 bits per heavy atom. The van der Waals surface area contributed by atoms with Gasteiger partial charge in [-0.05, 0) is 31.5 Å². The maximum atomic E-state index is 12.2. The summed E-state index contributed by atoms with van der Waals surface area (Å²) in [6.07, 6.45) is 1.65. The summed E-state index contributed by atoms with van der Waals surface area (Å²) in [6.45, 7) is 1.40. The van der Waals surface area contributed by atoms with Gasteiger partial charge in [-0.25, -0.2) is 4.98 Å². The van der Waals surface area contributed by atoms with Crippen molar-refractivity contribution in [3.63, 3.8) is 0 Å². The number of benzene rings is 1. The van der Waals surface area contributed by atoms with Gasteiger partial charge in [0.15, 0.2) is 0 Å². The van der Waals surface area contributed by atoms with E-state index in [9.17, 15) is 8.78 Å². The lowest BCUT2D eigenvalue weighted by molar-refractivity contribution is -0.0499. The lowest BCUT2D eigenvalue weighted by atomic mass is 10.1. The number of hydrogen-bond acceptors (Lipinski definition) is 4. The third kappa shape index (κ3) is 4.03. The molecule has 0 aliphatic heterocycles. The predicted molar refractivity (Wildman–Crippen MR) is 69.6 cm³/mol. The predicted octanol–water partition coefficient (Wildman–Crippen LogP) is 3.44. The highest BCUT2D eigenvalue weighted by molar-refractivity contribution is 5.30. The number of hydrogen-bond donors (Lipinski definition) is 1.